The first-order chi connectivity index (χ1) is 7.81. The zero-order valence-electron chi connectivity index (χ0n) is 9.43. The maximum Gasteiger partial charge on any atom is 0.209 e. The minimum Gasteiger partial charge on any atom is -0.300 e. The average molecular weight is 240 g/mol. The van der Waals surface area contributed by atoms with Crippen LogP contribution in [0.5, 0.6) is 0 Å². The normalized spacial score (nSPS) is 15.3. The fraction of sp³-hybridized carbons (Fsp3) is 0.800. The van der Waals surface area contributed by atoms with Crippen LogP contribution in [0.3, 0.4) is 0 Å². The number of rotatable bonds is 7. The average Bonchev–Trinajstić information content (AvgIpc) is 3.04. The quantitative estimate of drug-likeness (QED) is 0.538. The molecule has 0 atom stereocenters. The van der Waals surface area contributed by atoms with Gasteiger partial charge in [-0.25, -0.2) is 4.68 Å². The third-order valence-corrected chi connectivity index (χ3v) is 3.60. The first-order valence-electron chi connectivity index (χ1n) is 5.73. The van der Waals surface area contributed by atoms with Crippen LogP contribution < -0.4 is 0 Å². The van der Waals surface area contributed by atoms with E-state index < -0.39 is 0 Å². The fourth-order valence-electron chi connectivity index (χ4n) is 1.44. The van der Waals surface area contributed by atoms with Crippen LogP contribution in [-0.2, 0) is 4.79 Å². The molecule has 0 amide bonds. The molecule has 1 fully saturated rings. The molecular weight excluding hydrogens is 224 g/mol. The highest BCUT2D eigenvalue weighted by molar-refractivity contribution is 7.99. The maximum absolute atomic E-state index is 11.1. The van der Waals surface area contributed by atoms with Crippen molar-refractivity contribution in [2.45, 2.75) is 50.2 Å². The fourth-order valence-corrected chi connectivity index (χ4v) is 2.32. The summed E-state index contributed by atoms with van der Waals surface area (Å²) in [6, 6.07) is 0.523. The third kappa shape index (κ3) is 3.04. The number of carbonyl (C=O) groups excluding carboxylic acids is 1. The second-order valence-electron chi connectivity index (χ2n) is 3.98. The first kappa shape index (κ1) is 11.6. The Kier molecular flexibility index (Phi) is 3.93. The van der Waals surface area contributed by atoms with Crippen molar-refractivity contribution in [3.63, 3.8) is 0 Å². The molecule has 0 radical (unpaired) electrons. The second kappa shape index (κ2) is 5.43. The smallest absolute Gasteiger partial charge is 0.209 e. The molecule has 6 heteroatoms. The van der Waals surface area contributed by atoms with Crippen molar-refractivity contribution in [1.29, 1.82) is 0 Å². The number of Topliss-reactive ketones (excluding diaryl/α,β-unsaturated/α-hetero) is 1. The molecule has 2 rings (SSSR count). The predicted molar refractivity (Wildman–Crippen MR) is 61.3 cm³/mol. The van der Waals surface area contributed by atoms with Gasteiger partial charge in [0.25, 0.3) is 0 Å². The topological polar surface area (TPSA) is 60.7 Å². The van der Waals surface area contributed by atoms with Crippen LogP contribution >= 0.6 is 11.8 Å². The number of tetrazole rings is 1. The van der Waals surface area contributed by atoms with Gasteiger partial charge in [-0.1, -0.05) is 18.7 Å². The Hall–Kier alpha value is -0.910. The summed E-state index contributed by atoms with van der Waals surface area (Å²) in [7, 11) is 0. The van der Waals surface area contributed by atoms with Crippen molar-refractivity contribution in [2.24, 2.45) is 0 Å². The summed E-state index contributed by atoms with van der Waals surface area (Å²) in [5, 5.41) is 12.6. The summed E-state index contributed by atoms with van der Waals surface area (Å²) in [5.74, 6) is 1.25. The lowest BCUT2D eigenvalue weighted by Gasteiger charge is -2.01. The zero-order valence-corrected chi connectivity index (χ0v) is 10.2. The van der Waals surface area contributed by atoms with E-state index in [9.17, 15) is 4.79 Å². The summed E-state index contributed by atoms with van der Waals surface area (Å²) in [5.41, 5.74) is 0. The minimum atomic E-state index is 0.336. The lowest BCUT2D eigenvalue weighted by Crippen LogP contribution is -2.00. The third-order valence-electron chi connectivity index (χ3n) is 2.58. The van der Waals surface area contributed by atoms with Crippen LogP contribution in [0, 0.1) is 0 Å². The highest BCUT2D eigenvalue weighted by Crippen LogP contribution is 2.36. The lowest BCUT2D eigenvalue weighted by molar-refractivity contribution is -0.118. The van der Waals surface area contributed by atoms with Gasteiger partial charge >= 0.3 is 0 Å². The number of thioether (sulfide) groups is 1. The molecule has 1 aliphatic carbocycles. The van der Waals surface area contributed by atoms with E-state index in [1.807, 2.05) is 11.6 Å². The SMILES string of the molecule is CCC(=O)CCCSc1nnnn1C1CC1. The monoisotopic (exact) mass is 240 g/mol. The van der Waals surface area contributed by atoms with Crippen molar-refractivity contribution in [3.8, 4) is 0 Å². The van der Waals surface area contributed by atoms with E-state index in [2.05, 4.69) is 15.5 Å². The number of hydrogen-bond acceptors (Lipinski definition) is 5. The van der Waals surface area contributed by atoms with Gasteiger partial charge < -0.3 is 0 Å². The molecule has 0 N–H and O–H groups in total. The van der Waals surface area contributed by atoms with Gasteiger partial charge in [0.05, 0.1) is 6.04 Å². The molecule has 1 aromatic rings. The van der Waals surface area contributed by atoms with Crippen LogP contribution in [-0.4, -0.2) is 31.7 Å². The largest absolute Gasteiger partial charge is 0.300 e. The molecule has 0 spiro atoms. The van der Waals surface area contributed by atoms with E-state index in [1.54, 1.807) is 11.8 Å². The van der Waals surface area contributed by atoms with Crippen molar-refractivity contribution in [2.75, 3.05) is 5.75 Å². The number of ketones is 1. The predicted octanol–water partition coefficient (Wildman–Crippen LogP) is 1.86. The van der Waals surface area contributed by atoms with E-state index in [0.717, 1.165) is 17.3 Å². The van der Waals surface area contributed by atoms with Crippen LogP contribution in [0.4, 0.5) is 0 Å². The summed E-state index contributed by atoms with van der Waals surface area (Å²) in [6.45, 7) is 1.91. The number of nitrogens with zero attached hydrogens (tertiary/aromatic N) is 4. The second-order valence-corrected chi connectivity index (χ2v) is 5.04. The molecule has 0 saturated heterocycles. The molecule has 5 nitrogen and oxygen atoms in total. The van der Waals surface area contributed by atoms with Crippen molar-refractivity contribution < 1.29 is 4.79 Å². The van der Waals surface area contributed by atoms with Crippen LogP contribution in [0.15, 0.2) is 5.16 Å². The van der Waals surface area contributed by atoms with Gasteiger partial charge in [-0.3, -0.25) is 4.79 Å². The Balaban J connectivity index is 1.72. The van der Waals surface area contributed by atoms with Gasteiger partial charge in [0.15, 0.2) is 0 Å². The van der Waals surface area contributed by atoms with Gasteiger partial charge in [0.2, 0.25) is 5.16 Å². The van der Waals surface area contributed by atoms with E-state index >= 15 is 0 Å². The Morgan fingerprint density at radius 2 is 2.38 bits per heavy atom. The number of hydrogen-bond donors (Lipinski definition) is 0. The molecule has 0 unspecified atom stereocenters. The van der Waals surface area contributed by atoms with Crippen molar-refractivity contribution >= 4 is 17.5 Å². The van der Waals surface area contributed by atoms with Crippen molar-refractivity contribution in [1.82, 2.24) is 20.2 Å². The molecule has 1 heterocycles. The minimum absolute atomic E-state index is 0.336. The Morgan fingerprint density at radius 3 is 3.06 bits per heavy atom. The number of carbonyl (C=O) groups is 1. The molecule has 0 aromatic carbocycles. The van der Waals surface area contributed by atoms with Crippen molar-refractivity contribution in [3.05, 3.63) is 0 Å². The molecule has 1 aromatic heterocycles. The van der Waals surface area contributed by atoms with Gasteiger partial charge in [0.1, 0.15) is 5.78 Å². The summed E-state index contributed by atoms with van der Waals surface area (Å²) >= 11 is 1.65. The molecule has 0 aliphatic heterocycles. The molecular formula is C10H16N4OS. The Morgan fingerprint density at radius 1 is 1.56 bits per heavy atom. The lowest BCUT2D eigenvalue weighted by atomic mass is 10.2. The van der Waals surface area contributed by atoms with Crippen LogP contribution in [0.25, 0.3) is 0 Å². The van der Waals surface area contributed by atoms with E-state index in [4.69, 9.17) is 0 Å². The number of aromatic nitrogens is 4. The van der Waals surface area contributed by atoms with Gasteiger partial charge in [-0.05, 0) is 29.7 Å². The van der Waals surface area contributed by atoms with E-state index in [-0.39, 0.29) is 0 Å². The highest BCUT2D eigenvalue weighted by atomic mass is 32.2. The first-order valence-corrected chi connectivity index (χ1v) is 6.72. The molecule has 1 aliphatic rings. The van der Waals surface area contributed by atoms with Crippen LogP contribution in [0.2, 0.25) is 0 Å². The highest BCUT2D eigenvalue weighted by Gasteiger charge is 2.27. The summed E-state index contributed by atoms with van der Waals surface area (Å²) in [6.07, 6.45) is 4.60. The Bertz CT molecular complexity index is 361. The standard InChI is InChI=1S/C10H16N4OS/c1-2-9(15)4-3-7-16-10-11-12-13-14(10)8-5-6-8/h8H,2-7H2,1H3. The molecule has 16 heavy (non-hydrogen) atoms. The van der Waals surface area contributed by atoms with Gasteiger partial charge in [-0.15, -0.1) is 5.10 Å². The van der Waals surface area contributed by atoms with Crippen LogP contribution in [0.1, 0.15) is 45.1 Å². The van der Waals surface area contributed by atoms with E-state index in [1.165, 1.54) is 12.8 Å². The summed E-state index contributed by atoms with van der Waals surface area (Å²) < 4.78 is 1.91. The Labute approximate surface area is 99.0 Å². The molecule has 0 bridgehead atoms. The van der Waals surface area contributed by atoms with Gasteiger partial charge in [0, 0.05) is 18.6 Å². The zero-order chi connectivity index (χ0) is 11.4. The van der Waals surface area contributed by atoms with E-state index in [0.29, 0.717) is 24.7 Å². The molecule has 88 valence electrons. The molecule has 1 saturated carbocycles. The summed E-state index contributed by atoms with van der Waals surface area (Å²) in [4.78, 5) is 11.1. The maximum atomic E-state index is 11.1. The van der Waals surface area contributed by atoms with Gasteiger partial charge in [-0.2, -0.15) is 0 Å².